The van der Waals surface area contributed by atoms with Gasteiger partial charge in [0.1, 0.15) is 0 Å². The van der Waals surface area contributed by atoms with Crippen LogP contribution in [0.1, 0.15) is 44.2 Å². The molecule has 1 aliphatic heterocycles. The van der Waals surface area contributed by atoms with Crippen molar-refractivity contribution in [3.05, 3.63) is 33.4 Å². The maximum absolute atomic E-state index is 3.46. The predicted octanol–water partition coefficient (Wildman–Crippen LogP) is 4.66. The van der Waals surface area contributed by atoms with E-state index >= 15 is 0 Å². The van der Waals surface area contributed by atoms with Gasteiger partial charge in [0.15, 0.2) is 0 Å². The third-order valence-electron chi connectivity index (χ3n) is 3.94. The Morgan fingerprint density at radius 3 is 2.43 bits per heavy atom. The molecule has 5 heteroatoms. The molecule has 2 rings (SSSR count). The molecular formula is C16H27Cl2IN2. The first-order chi connectivity index (χ1) is 9.33. The number of piperazine rings is 1. The van der Waals surface area contributed by atoms with E-state index in [0.29, 0.717) is 6.04 Å². The Kier molecular flexibility index (Phi) is 12.2. The molecule has 1 aromatic rings. The van der Waals surface area contributed by atoms with Gasteiger partial charge in [0.25, 0.3) is 0 Å². The van der Waals surface area contributed by atoms with Crippen molar-refractivity contribution in [2.45, 2.75) is 38.6 Å². The summed E-state index contributed by atoms with van der Waals surface area (Å²) in [6.45, 7) is 6.91. The molecule has 0 saturated carbocycles. The van der Waals surface area contributed by atoms with E-state index in [1.54, 1.807) is 0 Å². The van der Waals surface area contributed by atoms with Gasteiger partial charge in [-0.25, -0.2) is 0 Å². The lowest BCUT2D eigenvalue weighted by molar-refractivity contribution is 0.162. The van der Waals surface area contributed by atoms with E-state index < -0.39 is 0 Å². The fraction of sp³-hybridized carbons (Fsp3) is 0.625. The van der Waals surface area contributed by atoms with Gasteiger partial charge in [-0.15, -0.1) is 24.8 Å². The summed E-state index contributed by atoms with van der Waals surface area (Å²) in [5, 5.41) is 3.46. The lowest BCUT2D eigenvalue weighted by Crippen LogP contribution is -2.45. The summed E-state index contributed by atoms with van der Waals surface area (Å²) in [4.78, 5) is 2.67. The maximum Gasteiger partial charge on any atom is 0.0359 e. The van der Waals surface area contributed by atoms with Crippen molar-refractivity contribution in [3.8, 4) is 0 Å². The fourth-order valence-electron chi connectivity index (χ4n) is 2.86. The molecule has 0 aromatic heterocycles. The fourth-order valence-corrected chi connectivity index (χ4v) is 3.61. The number of halogens is 3. The van der Waals surface area contributed by atoms with Gasteiger partial charge in [-0.05, 0) is 40.6 Å². The maximum atomic E-state index is 3.46. The largest absolute Gasteiger partial charge is 0.314 e. The van der Waals surface area contributed by atoms with Crippen LogP contribution in [-0.2, 0) is 0 Å². The van der Waals surface area contributed by atoms with Crippen LogP contribution in [0.2, 0.25) is 0 Å². The third-order valence-corrected chi connectivity index (χ3v) is 4.92. The van der Waals surface area contributed by atoms with E-state index in [4.69, 9.17) is 0 Å². The molecule has 1 aliphatic rings. The Balaban J connectivity index is 0.00000200. The Morgan fingerprint density at radius 2 is 1.81 bits per heavy atom. The quantitative estimate of drug-likeness (QED) is 0.506. The Morgan fingerprint density at radius 1 is 1.14 bits per heavy atom. The lowest BCUT2D eigenvalue weighted by atomic mass is 9.98. The summed E-state index contributed by atoms with van der Waals surface area (Å²) in [5.41, 5.74) is 1.53. The summed E-state index contributed by atoms with van der Waals surface area (Å²) in [6.07, 6.45) is 5.30. The highest BCUT2D eigenvalue weighted by molar-refractivity contribution is 14.1. The van der Waals surface area contributed by atoms with Crippen molar-refractivity contribution in [3.63, 3.8) is 0 Å². The standard InChI is InChI=1S/C16H25IN2.2ClH/c1-2-3-4-9-16(19-12-10-18-11-13-19)14-7-5-6-8-15(14)17;;/h5-8,16,18H,2-4,9-13H2,1H3;2*1H/t16-;;/m0../s1. The zero-order valence-corrected chi connectivity index (χ0v) is 16.5. The number of benzene rings is 1. The lowest BCUT2D eigenvalue weighted by Gasteiger charge is -2.36. The second-order valence-corrected chi connectivity index (χ2v) is 6.48. The van der Waals surface area contributed by atoms with Gasteiger partial charge >= 0.3 is 0 Å². The average molecular weight is 445 g/mol. The second-order valence-electron chi connectivity index (χ2n) is 5.32. The average Bonchev–Trinajstić information content (AvgIpc) is 2.46. The molecule has 1 saturated heterocycles. The van der Waals surface area contributed by atoms with Crippen molar-refractivity contribution >= 4 is 47.4 Å². The van der Waals surface area contributed by atoms with Crippen LogP contribution in [0, 0.1) is 3.57 Å². The molecule has 0 radical (unpaired) electrons. The molecule has 1 fully saturated rings. The van der Waals surface area contributed by atoms with Crippen LogP contribution in [0.4, 0.5) is 0 Å². The van der Waals surface area contributed by atoms with Crippen LogP contribution in [0.3, 0.4) is 0 Å². The van der Waals surface area contributed by atoms with Crippen LogP contribution in [-0.4, -0.2) is 31.1 Å². The van der Waals surface area contributed by atoms with Gasteiger partial charge in [0.05, 0.1) is 0 Å². The van der Waals surface area contributed by atoms with E-state index in [2.05, 4.69) is 64.0 Å². The van der Waals surface area contributed by atoms with E-state index in [1.165, 1.54) is 47.9 Å². The van der Waals surface area contributed by atoms with Crippen LogP contribution in [0.5, 0.6) is 0 Å². The zero-order chi connectivity index (χ0) is 13.5. The minimum absolute atomic E-state index is 0. The number of rotatable bonds is 6. The summed E-state index contributed by atoms with van der Waals surface area (Å²) in [6, 6.07) is 9.51. The van der Waals surface area contributed by atoms with Crippen LogP contribution in [0.25, 0.3) is 0 Å². The molecule has 21 heavy (non-hydrogen) atoms. The number of hydrogen-bond acceptors (Lipinski definition) is 2. The third kappa shape index (κ3) is 6.61. The van der Waals surface area contributed by atoms with E-state index in [1.807, 2.05) is 0 Å². The number of nitrogens with one attached hydrogen (secondary N) is 1. The Bertz CT molecular complexity index is 384. The van der Waals surface area contributed by atoms with E-state index in [-0.39, 0.29) is 24.8 Å². The topological polar surface area (TPSA) is 15.3 Å². The van der Waals surface area contributed by atoms with Crippen molar-refractivity contribution in [1.82, 2.24) is 10.2 Å². The summed E-state index contributed by atoms with van der Waals surface area (Å²) >= 11 is 2.49. The molecular weight excluding hydrogens is 418 g/mol. The van der Waals surface area contributed by atoms with Crippen molar-refractivity contribution < 1.29 is 0 Å². The normalized spacial score (nSPS) is 16.7. The Labute approximate surface area is 155 Å². The molecule has 0 aliphatic carbocycles. The van der Waals surface area contributed by atoms with Crippen LogP contribution in [0.15, 0.2) is 24.3 Å². The highest BCUT2D eigenvalue weighted by Gasteiger charge is 2.22. The van der Waals surface area contributed by atoms with Gasteiger partial charge < -0.3 is 5.32 Å². The van der Waals surface area contributed by atoms with Gasteiger partial charge in [0, 0.05) is 35.8 Å². The monoisotopic (exact) mass is 444 g/mol. The molecule has 0 bridgehead atoms. The molecule has 122 valence electrons. The molecule has 0 amide bonds. The van der Waals surface area contributed by atoms with Crippen molar-refractivity contribution in [2.75, 3.05) is 26.2 Å². The minimum Gasteiger partial charge on any atom is -0.314 e. The number of nitrogens with zero attached hydrogens (tertiary/aromatic N) is 1. The first-order valence-electron chi connectivity index (χ1n) is 7.52. The molecule has 0 spiro atoms. The van der Waals surface area contributed by atoms with Gasteiger partial charge in [0.2, 0.25) is 0 Å². The van der Waals surface area contributed by atoms with Crippen LogP contribution >= 0.6 is 47.4 Å². The number of unbranched alkanes of at least 4 members (excludes halogenated alkanes) is 2. The molecule has 1 N–H and O–H groups in total. The van der Waals surface area contributed by atoms with Gasteiger partial charge in [-0.3, -0.25) is 4.90 Å². The first kappa shape index (κ1) is 21.4. The number of hydrogen-bond donors (Lipinski definition) is 1. The first-order valence-corrected chi connectivity index (χ1v) is 8.60. The molecule has 1 atom stereocenters. The minimum atomic E-state index is 0. The molecule has 1 aromatic carbocycles. The molecule has 0 unspecified atom stereocenters. The van der Waals surface area contributed by atoms with Gasteiger partial charge in [-0.1, -0.05) is 44.4 Å². The van der Waals surface area contributed by atoms with Crippen LogP contribution < -0.4 is 5.32 Å². The zero-order valence-electron chi connectivity index (χ0n) is 12.7. The smallest absolute Gasteiger partial charge is 0.0359 e. The summed E-state index contributed by atoms with van der Waals surface area (Å²) in [5.74, 6) is 0. The predicted molar refractivity (Wildman–Crippen MR) is 105 cm³/mol. The van der Waals surface area contributed by atoms with Crippen molar-refractivity contribution in [2.24, 2.45) is 0 Å². The SMILES string of the molecule is CCCCC[C@@H](c1ccccc1I)N1CCNCC1.Cl.Cl. The highest BCUT2D eigenvalue weighted by atomic mass is 127. The summed E-state index contributed by atoms with van der Waals surface area (Å²) in [7, 11) is 0. The van der Waals surface area contributed by atoms with Crippen molar-refractivity contribution in [1.29, 1.82) is 0 Å². The molecule has 1 heterocycles. The molecule has 2 nitrogen and oxygen atoms in total. The highest BCUT2D eigenvalue weighted by Crippen LogP contribution is 2.30. The summed E-state index contributed by atoms with van der Waals surface area (Å²) < 4.78 is 1.42. The Hall–Kier alpha value is 0.450. The van der Waals surface area contributed by atoms with Gasteiger partial charge in [-0.2, -0.15) is 0 Å². The van der Waals surface area contributed by atoms with E-state index in [0.717, 1.165) is 13.1 Å². The second kappa shape index (κ2) is 11.9. The van der Waals surface area contributed by atoms with E-state index in [9.17, 15) is 0 Å².